The van der Waals surface area contributed by atoms with Crippen LogP contribution in [0.4, 0.5) is 11.5 Å². The number of piperidine rings is 1. The molecule has 2 fully saturated rings. The maximum absolute atomic E-state index is 10.9. The third-order valence-corrected chi connectivity index (χ3v) is 4.44. The van der Waals surface area contributed by atoms with E-state index in [1.165, 1.54) is 25.7 Å². The first kappa shape index (κ1) is 14.3. The molecule has 1 aliphatic carbocycles. The monoisotopic (exact) mass is 290 g/mol. The summed E-state index contributed by atoms with van der Waals surface area (Å²) in [6.45, 7) is 4.93. The van der Waals surface area contributed by atoms with Crippen LogP contribution in [0.5, 0.6) is 0 Å². The average Bonchev–Trinajstić information content (AvgIpc) is 3.30. The van der Waals surface area contributed by atoms with Crippen LogP contribution in [0.2, 0.25) is 0 Å². The van der Waals surface area contributed by atoms with Gasteiger partial charge in [0, 0.05) is 18.7 Å². The number of pyridine rings is 1. The number of nitrogens with zero attached hydrogens (tertiary/aromatic N) is 3. The Bertz CT molecular complexity index is 524. The van der Waals surface area contributed by atoms with Crippen LogP contribution in [0.25, 0.3) is 0 Å². The highest BCUT2D eigenvalue weighted by Gasteiger charge is 2.32. The first-order valence-corrected chi connectivity index (χ1v) is 7.74. The van der Waals surface area contributed by atoms with Crippen LogP contribution >= 0.6 is 0 Å². The first-order valence-electron chi connectivity index (χ1n) is 7.74. The number of anilines is 1. The molecule has 3 rings (SSSR count). The lowest BCUT2D eigenvalue weighted by molar-refractivity contribution is -0.385. The summed E-state index contributed by atoms with van der Waals surface area (Å²) in [5.41, 5.74) is 0.616. The van der Waals surface area contributed by atoms with E-state index in [0.29, 0.717) is 17.7 Å². The molecule has 21 heavy (non-hydrogen) atoms. The van der Waals surface area contributed by atoms with Gasteiger partial charge >= 0.3 is 0 Å². The third-order valence-electron chi connectivity index (χ3n) is 4.44. The number of aryl methyl sites for hydroxylation is 1. The molecular formula is C15H22N4O2. The van der Waals surface area contributed by atoms with Gasteiger partial charge in [0.25, 0.3) is 5.69 Å². The van der Waals surface area contributed by atoms with E-state index in [1.807, 2.05) is 6.07 Å². The first-order chi connectivity index (χ1) is 10.1. The van der Waals surface area contributed by atoms with E-state index in [1.54, 1.807) is 13.0 Å². The van der Waals surface area contributed by atoms with Crippen molar-refractivity contribution in [2.45, 2.75) is 38.6 Å². The molecule has 0 amide bonds. The summed E-state index contributed by atoms with van der Waals surface area (Å²) in [5, 5.41) is 14.3. The van der Waals surface area contributed by atoms with Crippen molar-refractivity contribution < 1.29 is 4.92 Å². The van der Waals surface area contributed by atoms with Gasteiger partial charge in [-0.15, -0.1) is 0 Å². The highest BCUT2D eigenvalue weighted by atomic mass is 16.6. The maximum Gasteiger partial charge on any atom is 0.290 e. The van der Waals surface area contributed by atoms with Crippen molar-refractivity contribution in [3.05, 3.63) is 27.9 Å². The fourth-order valence-corrected chi connectivity index (χ4v) is 3.05. The van der Waals surface area contributed by atoms with Gasteiger partial charge in [0.1, 0.15) is 11.5 Å². The molecule has 0 bridgehead atoms. The summed E-state index contributed by atoms with van der Waals surface area (Å²) < 4.78 is 0. The molecule has 0 radical (unpaired) electrons. The van der Waals surface area contributed by atoms with Gasteiger partial charge in [0.05, 0.1) is 4.92 Å². The van der Waals surface area contributed by atoms with Crippen LogP contribution in [-0.2, 0) is 0 Å². The van der Waals surface area contributed by atoms with Crippen LogP contribution in [0.15, 0.2) is 12.1 Å². The highest BCUT2D eigenvalue weighted by Crippen LogP contribution is 2.33. The Morgan fingerprint density at radius 3 is 2.62 bits per heavy atom. The van der Waals surface area contributed by atoms with Gasteiger partial charge in [-0.05, 0) is 57.7 Å². The van der Waals surface area contributed by atoms with Crippen LogP contribution in [0.1, 0.15) is 31.4 Å². The van der Waals surface area contributed by atoms with Gasteiger partial charge in [-0.25, -0.2) is 4.98 Å². The van der Waals surface area contributed by atoms with Crippen molar-refractivity contribution in [2.24, 2.45) is 5.92 Å². The number of hydrogen-bond acceptors (Lipinski definition) is 5. The minimum absolute atomic E-state index is 0.108. The molecule has 0 aromatic carbocycles. The molecule has 1 aromatic rings. The summed E-state index contributed by atoms with van der Waals surface area (Å²) in [5.74, 6) is 1.60. The average molecular weight is 290 g/mol. The van der Waals surface area contributed by atoms with Crippen molar-refractivity contribution >= 4 is 11.5 Å². The standard InChI is InChI=1S/C15H22N4O2/c1-11-14(19(20)21)4-5-15(17-11)18(13-2-3-13)10-12-6-8-16-9-7-12/h4-5,12-13,16H,2-3,6-10H2,1H3. The zero-order valence-corrected chi connectivity index (χ0v) is 12.4. The molecule has 114 valence electrons. The van der Waals surface area contributed by atoms with Gasteiger partial charge in [-0.2, -0.15) is 0 Å². The van der Waals surface area contributed by atoms with Crippen molar-refractivity contribution in [3.63, 3.8) is 0 Å². The van der Waals surface area contributed by atoms with Gasteiger partial charge in [0.15, 0.2) is 0 Å². The molecule has 2 aliphatic rings. The second kappa shape index (κ2) is 5.97. The number of aromatic nitrogens is 1. The van der Waals surface area contributed by atoms with Crippen LogP contribution in [-0.4, -0.2) is 35.6 Å². The predicted molar refractivity (Wildman–Crippen MR) is 81.6 cm³/mol. The largest absolute Gasteiger partial charge is 0.353 e. The van der Waals surface area contributed by atoms with E-state index in [9.17, 15) is 10.1 Å². The Morgan fingerprint density at radius 2 is 2.05 bits per heavy atom. The molecule has 0 unspecified atom stereocenters. The Balaban J connectivity index is 1.77. The normalized spacial score (nSPS) is 19.5. The number of rotatable bonds is 5. The fourth-order valence-electron chi connectivity index (χ4n) is 3.05. The minimum Gasteiger partial charge on any atom is -0.353 e. The van der Waals surface area contributed by atoms with E-state index < -0.39 is 0 Å². The van der Waals surface area contributed by atoms with Gasteiger partial charge in [0.2, 0.25) is 0 Å². The lowest BCUT2D eigenvalue weighted by atomic mass is 9.97. The molecular weight excluding hydrogens is 268 g/mol. The number of nitrogens with one attached hydrogen (secondary N) is 1. The molecule has 0 atom stereocenters. The maximum atomic E-state index is 10.9. The quantitative estimate of drug-likeness (QED) is 0.665. The summed E-state index contributed by atoms with van der Waals surface area (Å²) in [6.07, 6.45) is 4.83. The molecule has 6 heteroatoms. The molecule has 1 N–H and O–H groups in total. The van der Waals surface area contributed by atoms with E-state index in [2.05, 4.69) is 15.2 Å². The predicted octanol–water partition coefficient (Wildman–Crippen LogP) is 2.27. The lowest BCUT2D eigenvalue weighted by Crippen LogP contribution is -2.37. The molecule has 2 heterocycles. The molecule has 1 aromatic heterocycles. The van der Waals surface area contributed by atoms with Crippen molar-refractivity contribution in [3.8, 4) is 0 Å². The smallest absolute Gasteiger partial charge is 0.290 e. The summed E-state index contributed by atoms with van der Waals surface area (Å²) in [4.78, 5) is 17.4. The van der Waals surface area contributed by atoms with Crippen LogP contribution in [0.3, 0.4) is 0 Å². The van der Waals surface area contributed by atoms with Crippen molar-refractivity contribution in [2.75, 3.05) is 24.5 Å². The number of nitro groups is 1. The van der Waals surface area contributed by atoms with Gasteiger partial charge in [-0.3, -0.25) is 10.1 Å². The van der Waals surface area contributed by atoms with Crippen LogP contribution in [0, 0.1) is 23.0 Å². The van der Waals surface area contributed by atoms with Gasteiger partial charge < -0.3 is 10.2 Å². The second-order valence-corrected chi connectivity index (χ2v) is 6.11. The van der Waals surface area contributed by atoms with E-state index in [0.717, 1.165) is 25.5 Å². The van der Waals surface area contributed by atoms with E-state index in [4.69, 9.17) is 0 Å². The summed E-state index contributed by atoms with van der Waals surface area (Å²) in [7, 11) is 0. The molecule has 0 spiro atoms. The number of hydrogen-bond donors (Lipinski definition) is 1. The van der Waals surface area contributed by atoms with Gasteiger partial charge in [-0.1, -0.05) is 0 Å². The van der Waals surface area contributed by atoms with Crippen molar-refractivity contribution in [1.29, 1.82) is 0 Å². The van der Waals surface area contributed by atoms with E-state index >= 15 is 0 Å². The molecule has 1 saturated carbocycles. The fraction of sp³-hybridized carbons (Fsp3) is 0.667. The third kappa shape index (κ3) is 3.32. The zero-order chi connectivity index (χ0) is 14.8. The minimum atomic E-state index is -0.361. The Hall–Kier alpha value is -1.69. The van der Waals surface area contributed by atoms with Crippen molar-refractivity contribution in [1.82, 2.24) is 10.3 Å². The van der Waals surface area contributed by atoms with E-state index in [-0.39, 0.29) is 10.6 Å². The summed E-state index contributed by atoms with van der Waals surface area (Å²) >= 11 is 0. The summed E-state index contributed by atoms with van der Waals surface area (Å²) in [6, 6.07) is 3.98. The topological polar surface area (TPSA) is 71.3 Å². The second-order valence-electron chi connectivity index (χ2n) is 6.11. The molecule has 6 nitrogen and oxygen atoms in total. The zero-order valence-electron chi connectivity index (χ0n) is 12.4. The van der Waals surface area contributed by atoms with Crippen LogP contribution < -0.4 is 10.2 Å². The molecule has 1 aliphatic heterocycles. The lowest BCUT2D eigenvalue weighted by Gasteiger charge is -2.31. The Morgan fingerprint density at radius 1 is 1.33 bits per heavy atom. The highest BCUT2D eigenvalue weighted by molar-refractivity contribution is 5.48. The molecule has 1 saturated heterocycles. The Kier molecular flexibility index (Phi) is 4.05. The SMILES string of the molecule is Cc1nc(N(CC2CCNCC2)C2CC2)ccc1[N+](=O)[O-]. The Labute approximate surface area is 124 Å².